The number of amides is 1. The molecule has 1 aliphatic heterocycles. The number of ether oxygens (including phenoxy) is 1. The van der Waals surface area contributed by atoms with Crippen LogP contribution in [-0.2, 0) is 4.74 Å². The fourth-order valence-corrected chi connectivity index (χ4v) is 2.56. The first-order valence-corrected chi connectivity index (χ1v) is 7.40. The summed E-state index contributed by atoms with van der Waals surface area (Å²) in [5.41, 5.74) is 2.20. The maximum absolute atomic E-state index is 12.6. The zero-order valence-corrected chi connectivity index (χ0v) is 12.6. The third-order valence-corrected chi connectivity index (χ3v) is 3.82. The molecule has 0 aromatic carbocycles. The summed E-state index contributed by atoms with van der Waals surface area (Å²) in [6, 6.07) is 3.56. The molecule has 0 radical (unpaired) electrons. The van der Waals surface area contributed by atoms with Gasteiger partial charge in [-0.3, -0.25) is 14.9 Å². The van der Waals surface area contributed by atoms with E-state index < -0.39 is 0 Å². The normalized spacial score (nSPS) is 17.8. The number of aromatic amines is 2. The molecule has 4 rings (SSSR count). The van der Waals surface area contributed by atoms with Crippen molar-refractivity contribution in [2.24, 2.45) is 0 Å². The van der Waals surface area contributed by atoms with Crippen molar-refractivity contribution >= 4 is 5.91 Å². The van der Waals surface area contributed by atoms with E-state index in [1.54, 1.807) is 29.6 Å². The second-order valence-electron chi connectivity index (χ2n) is 5.30. The minimum absolute atomic E-state index is 0.148. The molecule has 3 aromatic heterocycles. The van der Waals surface area contributed by atoms with Crippen molar-refractivity contribution in [3.8, 4) is 11.1 Å². The molecule has 1 saturated heterocycles. The molecule has 1 aliphatic rings. The summed E-state index contributed by atoms with van der Waals surface area (Å²) in [4.78, 5) is 18.6. The van der Waals surface area contributed by atoms with E-state index in [1.165, 1.54) is 0 Å². The van der Waals surface area contributed by atoms with Gasteiger partial charge in [-0.25, -0.2) is 0 Å². The topological polar surface area (TPSA) is 126 Å². The smallest absolute Gasteiger partial charge is 0.272 e. The SMILES string of the molecule is O=C(c1ccc(-c2cn[nH]c2)cn1)N1CCOC(c2nn[nH]n2)C1. The Morgan fingerprint density at radius 3 is 2.96 bits per heavy atom. The summed E-state index contributed by atoms with van der Waals surface area (Å²) < 4.78 is 5.60. The standard InChI is InChI=1S/C14H14N8O2/c23-14(11-2-1-9(5-15-11)10-6-16-17-7-10)22-3-4-24-12(8-22)13-18-20-21-19-13/h1-2,5-7,12H,3-4,8H2,(H,16,17)(H,18,19,20,21). The van der Waals surface area contributed by atoms with Gasteiger partial charge in [-0.2, -0.15) is 10.3 Å². The average molecular weight is 326 g/mol. The van der Waals surface area contributed by atoms with Crippen molar-refractivity contribution < 1.29 is 9.53 Å². The Hall–Kier alpha value is -3.14. The fourth-order valence-electron chi connectivity index (χ4n) is 2.56. The van der Waals surface area contributed by atoms with Gasteiger partial charge in [-0.15, -0.1) is 10.2 Å². The first-order chi connectivity index (χ1) is 11.8. The van der Waals surface area contributed by atoms with E-state index in [9.17, 15) is 4.79 Å². The number of aromatic nitrogens is 7. The molecule has 0 saturated carbocycles. The second kappa shape index (κ2) is 6.16. The Kier molecular flexibility index (Phi) is 3.71. The Morgan fingerprint density at radius 1 is 1.29 bits per heavy atom. The van der Waals surface area contributed by atoms with Gasteiger partial charge in [0.2, 0.25) is 5.82 Å². The van der Waals surface area contributed by atoms with Crippen molar-refractivity contribution in [1.29, 1.82) is 0 Å². The first kappa shape index (κ1) is 14.5. The molecule has 122 valence electrons. The third-order valence-electron chi connectivity index (χ3n) is 3.82. The molecule has 2 N–H and O–H groups in total. The van der Waals surface area contributed by atoms with E-state index >= 15 is 0 Å². The van der Waals surface area contributed by atoms with E-state index in [1.807, 2.05) is 6.07 Å². The first-order valence-electron chi connectivity index (χ1n) is 7.40. The summed E-state index contributed by atoms with van der Waals surface area (Å²) in [5, 5.41) is 20.4. The number of tetrazole rings is 1. The number of hydrogen-bond acceptors (Lipinski definition) is 7. The van der Waals surface area contributed by atoms with Gasteiger partial charge < -0.3 is 9.64 Å². The molecule has 4 heterocycles. The Labute approximate surface area is 136 Å². The zero-order valence-electron chi connectivity index (χ0n) is 12.6. The number of nitrogens with one attached hydrogen (secondary N) is 2. The summed E-state index contributed by atoms with van der Waals surface area (Å²) in [7, 11) is 0. The van der Waals surface area contributed by atoms with Crippen LogP contribution >= 0.6 is 0 Å². The lowest BCUT2D eigenvalue weighted by atomic mass is 10.1. The van der Waals surface area contributed by atoms with E-state index in [2.05, 4.69) is 35.8 Å². The van der Waals surface area contributed by atoms with Gasteiger partial charge >= 0.3 is 0 Å². The average Bonchev–Trinajstić information content (AvgIpc) is 3.35. The van der Waals surface area contributed by atoms with Gasteiger partial charge in [0.05, 0.1) is 19.3 Å². The van der Waals surface area contributed by atoms with Crippen LogP contribution in [0.15, 0.2) is 30.7 Å². The molecular formula is C14H14N8O2. The molecule has 10 heteroatoms. The second-order valence-corrected chi connectivity index (χ2v) is 5.30. The van der Waals surface area contributed by atoms with Crippen LogP contribution < -0.4 is 0 Å². The van der Waals surface area contributed by atoms with Crippen LogP contribution in [0.5, 0.6) is 0 Å². The van der Waals surface area contributed by atoms with Gasteiger partial charge in [0.25, 0.3) is 5.91 Å². The van der Waals surface area contributed by atoms with Gasteiger partial charge in [-0.1, -0.05) is 11.3 Å². The van der Waals surface area contributed by atoms with Crippen molar-refractivity contribution in [2.45, 2.75) is 6.10 Å². The summed E-state index contributed by atoms with van der Waals surface area (Å²) >= 11 is 0. The predicted molar refractivity (Wildman–Crippen MR) is 80.6 cm³/mol. The molecule has 24 heavy (non-hydrogen) atoms. The number of carbonyl (C=O) groups is 1. The van der Waals surface area contributed by atoms with E-state index in [-0.39, 0.29) is 12.0 Å². The number of carbonyl (C=O) groups excluding carboxylic acids is 1. The molecule has 1 fully saturated rings. The van der Waals surface area contributed by atoms with E-state index in [4.69, 9.17) is 4.74 Å². The van der Waals surface area contributed by atoms with Crippen molar-refractivity contribution in [2.75, 3.05) is 19.7 Å². The number of hydrogen-bond donors (Lipinski definition) is 2. The number of pyridine rings is 1. The molecule has 0 spiro atoms. The van der Waals surface area contributed by atoms with Crippen molar-refractivity contribution in [1.82, 2.24) is 40.7 Å². The molecule has 0 aliphatic carbocycles. The van der Waals surface area contributed by atoms with Crippen LogP contribution in [-0.4, -0.2) is 66.3 Å². The largest absolute Gasteiger partial charge is 0.366 e. The van der Waals surface area contributed by atoms with Crippen molar-refractivity contribution in [3.63, 3.8) is 0 Å². The van der Waals surface area contributed by atoms with Crippen LogP contribution in [0.25, 0.3) is 11.1 Å². The minimum atomic E-state index is -0.383. The summed E-state index contributed by atoms with van der Waals surface area (Å²) in [6.07, 6.45) is 4.76. The Balaban J connectivity index is 1.49. The zero-order chi connectivity index (χ0) is 16.4. The van der Waals surface area contributed by atoms with Crippen LogP contribution in [0, 0.1) is 0 Å². The maximum Gasteiger partial charge on any atom is 0.272 e. The molecule has 1 unspecified atom stereocenters. The highest BCUT2D eigenvalue weighted by Crippen LogP contribution is 2.21. The molecule has 10 nitrogen and oxygen atoms in total. The van der Waals surface area contributed by atoms with E-state index in [0.717, 1.165) is 11.1 Å². The number of rotatable bonds is 3. The van der Waals surface area contributed by atoms with Crippen LogP contribution in [0.1, 0.15) is 22.4 Å². The van der Waals surface area contributed by atoms with Gasteiger partial charge in [-0.05, 0) is 6.07 Å². The molecule has 1 atom stereocenters. The molecular weight excluding hydrogens is 312 g/mol. The third kappa shape index (κ3) is 2.74. The number of nitrogens with zero attached hydrogens (tertiary/aromatic N) is 6. The molecule has 0 bridgehead atoms. The lowest BCUT2D eigenvalue weighted by Crippen LogP contribution is -2.42. The van der Waals surface area contributed by atoms with Gasteiger partial charge in [0.1, 0.15) is 11.8 Å². The lowest BCUT2D eigenvalue weighted by Gasteiger charge is -2.31. The number of morpholine rings is 1. The van der Waals surface area contributed by atoms with Crippen LogP contribution in [0.3, 0.4) is 0 Å². The quantitative estimate of drug-likeness (QED) is 0.704. The predicted octanol–water partition coefficient (Wildman–Crippen LogP) is 0.198. The minimum Gasteiger partial charge on any atom is -0.366 e. The Bertz CT molecular complexity index is 800. The molecule has 1 amide bonds. The van der Waals surface area contributed by atoms with Crippen LogP contribution in [0.4, 0.5) is 0 Å². The fraction of sp³-hybridized carbons (Fsp3) is 0.286. The van der Waals surface area contributed by atoms with E-state index in [0.29, 0.717) is 31.2 Å². The highest BCUT2D eigenvalue weighted by molar-refractivity contribution is 5.92. The van der Waals surface area contributed by atoms with Gasteiger partial charge in [0, 0.05) is 30.1 Å². The Morgan fingerprint density at radius 2 is 2.25 bits per heavy atom. The lowest BCUT2D eigenvalue weighted by molar-refractivity contribution is -0.0269. The van der Waals surface area contributed by atoms with Crippen LogP contribution in [0.2, 0.25) is 0 Å². The summed E-state index contributed by atoms with van der Waals surface area (Å²) in [5.74, 6) is 0.293. The highest BCUT2D eigenvalue weighted by Gasteiger charge is 2.29. The highest BCUT2D eigenvalue weighted by atomic mass is 16.5. The monoisotopic (exact) mass is 326 g/mol. The molecule has 3 aromatic rings. The maximum atomic E-state index is 12.6. The van der Waals surface area contributed by atoms with Crippen molar-refractivity contribution in [3.05, 3.63) is 42.2 Å². The number of H-pyrrole nitrogens is 2. The summed E-state index contributed by atoms with van der Waals surface area (Å²) in [6.45, 7) is 1.28. The van der Waals surface area contributed by atoms with Gasteiger partial charge in [0.15, 0.2) is 0 Å².